The summed E-state index contributed by atoms with van der Waals surface area (Å²) in [5.41, 5.74) is 8.20. The van der Waals surface area contributed by atoms with Crippen molar-refractivity contribution in [2.24, 2.45) is 0 Å². The van der Waals surface area contributed by atoms with E-state index in [1.807, 2.05) is 43.3 Å². The van der Waals surface area contributed by atoms with Crippen molar-refractivity contribution in [3.05, 3.63) is 53.9 Å². The van der Waals surface area contributed by atoms with Crippen LogP contribution in [0.2, 0.25) is 0 Å². The SMILES string of the molecule is Cc1c(N)cccc1S(=O)Cc1ccccn1. The highest BCUT2D eigenvalue weighted by Crippen LogP contribution is 2.20. The molecule has 1 atom stereocenters. The topological polar surface area (TPSA) is 56.0 Å². The number of nitrogens with zero attached hydrogens (tertiary/aromatic N) is 1. The molecule has 2 N–H and O–H groups in total. The van der Waals surface area contributed by atoms with Gasteiger partial charge in [-0.25, -0.2) is 0 Å². The first-order valence-electron chi connectivity index (χ1n) is 5.32. The summed E-state index contributed by atoms with van der Waals surface area (Å²) in [5, 5.41) is 0. The minimum Gasteiger partial charge on any atom is -0.398 e. The lowest BCUT2D eigenvalue weighted by molar-refractivity contribution is 0.681. The lowest BCUT2D eigenvalue weighted by Gasteiger charge is -2.07. The standard InChI is InChI=1S/C13H14N2OS/c1-10-12(14)6-4-7-13(10)17(16)9-11-5-2-3-8-15-11/h2-8H,9,14H2,1H3. The van der Waals surface area contributed by atoms with Crippen LogP contribution >= 0.6 is 0 Å². The molecule has 0 bridgehead atoms. The van der Waals surface area contributed by atoms with Gasteiger partial charge in [-0.05, 0) is 36.8 Å². The Morgan fingerprint density at radius 2 is 2.06 bits per heavy atom. The van der Waals surface area contributed by atoms with Gasteiger partial charge in [-0.2, -0.15) is 0 Å². The minimum absolute atomic E-state index is 0.422. The Balaban J connectivity index is 2.24. The van der Waals surface area contributed by atoms with Crippen LogP contribution in [0.15, 0.2) is 47.5 Å². The molecule has 4 heteroatoms. The second-order valence-electron chi connectivity index (χ2n) is 3.78. The van der Waals surface area contributed by atoms with Gasteiger partial charge in [0.05, 0.1) is 22.2 Å². The normalized spacial score (nSPS) is 12.3. The number of anilines is 1. The maximum absolute atomic E-state index is 12.2. The Morgan fingerprint density at radius 1 is 1.24 bits per heavy atom. The molecule has 0 saturated carbocycles. The highest BCUT2D eigenvalue weighted by atomic mass is 32.2. The molecule has 1 heterocycles. The first-order chi connectivity index (χ1) is 8.18. The Hall–Kier alpha value is -1.68. The Bertz CT molecular complexity index is 540. The number of hydrogen-bond donors (Lipinski definition) is 1. The number of pyridine rings is 1. The average molecular weight is 246 g/mol. The monoisotopic (exact) mass is 246 g/mol. The van der Waals surface area contributed by atoms with Crippen LogP contribution in [0.5, 0.6) is 0 Å². The molecule has 1 aromatic heterocycles. The lowest BCUT2D eigenvalue weighted by Crippen LogP contribution is -2.02. The molecule has 0 saturated heterocycles. The molecule has 0 amide bonds. The fraction of sp³-hybridized carbons (Fsp3) is 0.154. The van der Waals surface area contributed by atoms with Crippen molar-refractivity contribution in [2.45, 2.75) is 17.6 Å². The van der Waals surface area contributed by atoms with E-state index in [0.29, 0.717) is 11.4 Å². The van der Waals surface area contributed by atoms with E-state index in [9.17, 15) is 4.21 Å². The average Bonchev–Trinajstić information content (AvgIpc) is 2.34. The van der Waals surface area contributed by atoms with Crippen molar-refractivity contribution < 1.29 is 4.21 Å². The predicted molar refractivity (Wildman–Crippen MR) is 69.9 cm³/mol. The van der Waals surface area contributed by atoms with Crippen molar-refractivity contribution >= 4 is 16.5 Å². The van der Waals surface area contributed by atoms with Gasteiger partial charge in [0, 0.05) is 16.8 Å². The van der Waals surface area contributed by atoms with Crippen molar-refractivity contribution in [1.29, 1.82) is 0 Å². The van der Waals surface area contributed by atoms with E-state index in [-0.39, 0.29) is 0 Å². The van der Waals surface area contributed by atoms with Crippen LogP contribution in [0.4, 0.5) is 5.69 Å². The summed E-state index contributed by atoms with van der Waals surface area (Å²) in [5.74, 6) is 0.422. The predicted octanol–water partition coefficient (Wildman–Crippen LogP) is 2.28. The fourth-order valence-corrected chi connectivity index (χ4v) is 2.86. The summed E-state index contributed by atoms with van der Waals surface area (Å²) >= 11 is 0. The fourth-order valence-electron chi connectivity index (χ4n) is 1.57. The first-order valence-corrected chi connectivity index (χ1v) is 6.64. The molecule has 88 valence electrons. The van der Waals surface area contributed by atoms with Gasteiger partial charge in [0.15, 0.2) is 0 Å². The molecule has 0 spiro atoms. The molecule has 3 nitrogen and oxygen atoms in total. The molecular weight excluding hydrogens is 232 g/mol. The Kier molecular flexibility index (Phi) is 3.54. The number of hydrogen-bond acceptors (Lipinski definition) is 3. The van der Waals surface area contributed by atoms with E-state index < -0.39 is 10.8 Å². The molecule has 0 fully saturated rings. The van der Waals surface area contributed by atoms with Gasteiger partial charge in [0.25, 0.3) is 0 Å². The maximum Gasteiger partial charge on any atom is 0.0705 e. The van der Waals surface area contributed by atoms with Crippen molar-refractivity contribution in [3.63, 3.8) is 0 Å². The third-order valence-electron chi connectivity index (χ3n) is 2.58. The van der Waals surface area contributed by atoms with Crippen LogP contribution in [-0.2, 0) is 16.6 Å². The summed E-state index contributed by atoms with van der Waals surface area (Å²) in [6.45, 7) is 1.89. The number of nitrogen functional groups attached to an aromatic ring is 1. The van der Waals surface area contributed by atoms with E-state index >= 15 is 0 Å². The molecule has 2 rings (SSSR count). The largest absolute Gasteiger partial charge is 0.398 e. The summed E-state index contributed by atoms with van der Waals surface area (Å²) in [6.07, 6.45) is 1.71. The van der Waals surface area contributed by atoms with Gasteiger partial charge >= 0.3 is 0 Å². The molecule has 0 aliphatic rings. The smallest absolute Gasteiger partial charge is 0.0705 e. The van der Waals surface area contributed by atoms with Gasteiger partial charge in [-0.15, -0.1) is 0 Å². The zero-order chi connectivity index (χ0) is 12.3. The van der Waals surface area contributed by atoms with E-state index in [1.54, 1.807) is 6.20 Å². The summed E-state index contributed by atoms with van der Waals surface area (Å²) < 4.78 is 12.2. The molecule has 17 heavy (non-hydrogen) atoms. The number of rotatable bonds is 3. The molecule has 1 aromatic carbocycles. The lowest BCUT2D eigenvalue weighted by atomic mass is 10.2. The van der Waals surface area contributed by atoms with Gasteiger partial charge in [-0.3, -0.25) is 9.19 Å². The van der Waals surface area contributed by atoms with Crippen LogP contribution < -0.4 is 5.73 Å². The summed E-state index contributed by atoms with van der Waals surface area (Å²) in [4.78, 5) is 4.96. The van der Waals surface area contributed by atoms with Crippen LogP contribution in [0.3, 0.4) is 0 Å². The molecule has 0 aliphatic carbocycles. The van der Waals surface area contributed by atoms with Crippen LogP contribution in [0.1, 0.15) is 11.3 Å². The third-order valence-corrected chi connectivity index (χ3v) is 4.07. The Morgan fingerprint density at radius 3 is 2.76 bits per heavy atom. The van der Waals surface area contributed by atoms with Gasteiger partial charge in [0.2, 0.25) is 0 Å². The first kappa shape index (κ1) is 11.8. The molecule has 2 aromatic rings. The van der Waals surface area contributed by atoms with E-state index in [2.05, 4.69) is 4.98 Å². The van der Waals surface area contributed by atoms with Crippen LogP contribution in [0.25, 0.3) is 0 Å². The second-order valence-corrected chi connectivity index (χ2v) is 5.20. The molecular formula is C13H14N2OS. The minimum atomic E-state index is -1.10. The molecule has 0 aliphatic heterocycles. The number of nitrogens with two attached hydrogens (primary N) is 1. The van der Waals surface area contributed by atoms with E-state index in [4.69, 9.17) is 5.73 Å². The zero-order valence-electron chi connectivity index (χ0n) is 9.59. The van der Waals surface area contributed by atoms with Gasteiger partial charge < -0.3 is 5.73 Å². The van der Waals surface area contributed by atoms with Crippen molar-refractivity contribution in [2.75, 3.05) is 5.73 Å². The highest BCUT2D eigenvalue weighted by molar-refractivity contribution is 7.84. The molecule has 1 unspecified atom stereocenters. The van der Waals surface area contributed by atoms with Crippen molar-refractivity contribution in [1.82, 2.24) is 4.98 Å². The second kappa shape index (κ2) is 5.10. The number of benzene rings is 1. The summed E-state index contributed by atoms with van der Waals surface area (Å²) in [6, 6.07) is 11.1. The zero-order valence-corrected chi connectivity index (χ0v) is 10.4. The van der Waals surface area contributed by atoms with Crippen LogP contribution in [-0.4, -0.2) is 9.19 Å². The highest BCUT2D eigenvalue weighted by Gasteiger charge is 2.10. The van der Waals surface area contributed by atoms with E-state index in [0.717, 1.165) is 16.2 Å². The Labute approximate surface area is 103 Å². The number of aromatic nitrogens is 1. The molecule has 0 radical (unpaired) electrons. The summed E-state index contributed by atoms with van der Waals surface area (Å²) in [7, 11) is -1.10. The van der Waals surface area contributed by atoms with Crippen molar-refractivity contribution in [3.8, 4) is 0 Å². The van der Waals surface area contributed by atoms with Gasteiger partial charge in [0.1, 0.15) is 0 Å². The quantitative estimate of drug-likeness (QED) is 0.845. The third kappa shape index (κ3) is 2.71. The van der Waals surface area contributed by atoms with E-state index in [1.165, 1.54) is 0 Å². The van der Waals surface area contributed by atoms with Gasteiger partial charge in [-0.1, -0.05) is 12.1 Å². The van der Waals surface area contributed by atoms with Crippen LogP contribution in [0, 0.1) is 6.92 Å². The maximum atomic E-state index is 12.2.